The number of aliphatic hydroxyl groups is 1. The summed E-state index contributed by atoms with van der Waals surface area (Å²) in [4.78, 5) is 25.0. The Kier molecular flexibility index (Phi) is 5.06. The molecule has 1 saturated carbocycles. The van der Waals surface area contributed by atoms with Crippen LogP contribution >= 0.6 is 0 Å². The first-order valence-electron chi connectivity index (χ1n) is 10.2. The van der Waals surface area contributed by atoms with Crippen molar-refractivity contribution in [2.24, 2.45) is 5.41 Å². The number of rotatable bonds is 3. The van der Waals surface area contributed by atoms with Crippen LogP contribution in [0.25, 0.3) is 0 Å². The molecular weight excluding hydrogens is 328 g/mol. The fourth-order valence-electron chi connectivity index (χ4n) is 5.10. The summed E-state index contributed by atoms with van der Waals surface area (Å²) in [7, 11) is 0. The monoisotopic (exact) mass is 360 g/mol. The standard InChI is InChI=1S/C20H32N4O2/c1-15-12-21-18(22-15)13-23-10-8-20(9-11-23)7-6-19(26)24(14-20)16-2-4-17(25)5-3-16/h12,16-17,25H,2-11,13-14H2,1H3,(H,21,22). The Balaban J connectivity index is 1.34. The van der Waals surface area contributed by atoms with E-state index in [0.717, 1.165) is 69.8 Å². The lowest BCUT2D eigenvalue weighted by molar-refractivity contribution is -0.143. The van der Waals surface area contributed by atoms with Gasteiger partial charge in [-0.2, -0.15) is 0 Å². The number of hydrogen-bond donors (Lipinski definition) is 2. The van der Waals surface area contributed by atoms with E-state index in [0.29, 0.717) is 23.8 Å². The third-order valence-electron chi connectivity index (χ3n) is 6.85. The molecule has 3 fully saturated rings. The number of aliphatic hydroxyl groups excluding tert-OH is 1. The van der Waals surface area contributed by atoms with E-state index in [1.807, 2.05) is 13.1 Å². The van der Waals surface area contributed by atoms with Crippen LogP contribution in [0.3, 0.4) is 0 Å². The molecule has 1 aromatic rings. The van der Waals surface area contributed by atoms with Crippen LogP contribution in [0.4, 0.5) is 0 Å². The van der Waals surface area contributed by atoms with Crippen LogP contribution in [0, 0.1) is 12.3 Å². The van der Waals surface area contributed by atoms with Gasteiger partial charge >= 0.3 is 0 Å². The van der Waals surface area contributed by atoms with E-state index in [9.17, 15) is 9.90 Å². The Morgan fingerprint density at radius 1 is 1.23 bits per heavy atom. The van der Waals surface area contributed by atoms with Crippen LogP contribution in [-0.2, 0) is 11.3 Å². The highest BCUT2D eigenvalue weighted by atomic mass is 16.3. The number of carbonyl (C=O) groups excluding carboxylic acids is 1. The van der Waals surface area contributed by atoms with Gasteiger partial charge in [0.25, 0.3) is 0 Å². The number of piperidine rings is 2. The van der Waals surface area contributed by atoms with Crippen LogP contribution in [0.5, 0.6) is 0 Å². The van der Waals surface area contributed by atoms with E-state index >= 15 is 0 Å². The highest BCUT2D eigenvalue weighted by molar-refractivity contribution is 5.77. The van der Waals surface area contributed by atoms with Gasteiger partial charge in [-0.25, -0.2) is 4.98 Å². The fourth-order valence-corrected chi connectivity index (χ4v) is 5.10. The van der Waals surface area contributed by atoms with Crippen molar-refractivity contribution in [2.45, 2.75) is 77.0 Å². The van der Waals surface area contributed by atoms with E-state index in [2.05, 4.69) is 19.8 Å². The minimum atomic E-state index is -0.159. The number of aromatic amines is 1. The molecule has 2 saturated heterocycles. The molecule has 0 aromatic carbocycles. The maximum absolute atomic E-state index is 12.5. The smallest absolute Gasteiger partial charge is 0.222 e. The lowest BCUT2D eigenvalue weighted by Gasteiger charge is -2.50. The first-order valence-corrected chi connectivity index (χ1v) is 10.2. The molecule has 0 atom stereocenters. The molecule has 0 unspecified atom stereocenters. The highest BCUT2D eigenvalue weighted by Gasteiger charge is 2.43. The van der Waals surface area contributed by atoms with Gasteiger partial charge in [-0.15, -0.1) is 0 Å². The molecule has 144 valence electrons. The maximum atomic E-state index is 12.5. The fraction of sp³-hybridized carbons (Fsp3) is 0.800. The largest absolute Gasteiger partial charge is 0.393 e. The molecule has 2 N–H and O–H groups in total. The van der Waals surface area contributed by atoms with Crippen molar-refractivity contribution < 1.29 is 9.90 Å². The molecule has 1 aliphatic carbocycles. The molecule has 3 aliphatic rings. The van der Waals surface area contributed by atoms with Crippen molar-refractivity contribution in [2.75, 3.05) is 19.6 Å². The molecule has 1 aromatic heterocycles. The number of H-pyrrole nitrogens is 1. The average Bonchev–Trinajstić information content (AvgIpc) is 3.05. The Morgan fingerprint density at radius 2 is 1.96 bits per heavy atom. The molecule has 4 rings (SSSR count). The quantitative estimate of drug-likeness (QED) is 0.867. The Labute approximate surface area is 156 Å². The normalized spacial score (nSPS) is 30.1. The number of aromatic nitrogens is 2. The summed E-state index contributed by atoms with van der Waals surface area (Å²) < 4.78 is 0. The number of aryl methyl sites for hydroxylation is 1. The van der Waals surface area contributed by atoms with Crippen molar-refractivity contribution in [1.82, 2.24) is 19.8 Å². The minimum absolute atomic E-state index is 0.159. The second-order valence-corrected chi connectivity index (χ2v) is 8.77. The summed E-state index contributed by atoms with van der Waals surface area (Å²) in [5.74, 6) is 1.39. The van der Waals surface area contributed by atoms with Crippen LogP contribution < -0.4 is 0 Å². The summed E-state index contributed by atoms with van der Waals surface area (Å²) in [6, 6.07) is 0.354. The topological polar surface area (TPSA) is 72.5 Å². The van der Waals surface area contributed by atoms with E-state index in [-0.39, 0.29) is 6.10 Å². The van der Waals surface area contributed by atoms with Gasteiger partial charge in [0.05, 0.1) is 12.6 Å². The van der Waals surface area contributed by atoms with Crippen LogP contribution in [0.15, 0.2) is 6.20 Å². The summed E-state index contributed by atoms with van der Waals surface area (Å²) in [6.45, 7) is 6.04. The number of carbonyl (C=O) groups is 1. The first-order chi connectivity index (χ1) is 12.5. The van der Waals surface area contributed by atoms with E-state index in [4.69, 9.17) is 0 Å². The summed E-state index contributed by atoms with van der Waals surface area (Å²) in [5, 5.41) is 9.77. The highest BCUT2D eigenvalue weighted by Crippen LogP contribution is 2.42. The zero-order valence-electron chi connectivity index (χ0n) is 15.9. The molecular formula is C20H32N4O2. The van der Waals surface area contributed by atoms with Crippen LogP contribution in [-0.4, -0.2) is 62.6 Å². The summed E-state index contributed by atoms with van der Waals surface area (Å²) in [6.07, 6.45) is 9.45. The third-order valence-corrected chi connectivity index (χ3v) is 6.85. The van der Waals surface area contributed by atoms with Gasteiger partial charge in [0.15, 0.2) is 0 Å². The predicted octanol–water partition coefficient (Wildman–Crippen LogP) is 2.23. The van der Waals surface area contributed by atoms with Gasteiger partial charge < -0.3 is 15.0 Å². The Bertz CT molecular complexity index is 628. The van der Waals surface area contributed by atoms with Crippen molar-refractivity contribution in [3.05, 3.63) is 17.7 Å². The zero-order valence-corrected chi connectivity index (χ0v) is 15.9. The SMILES string of the molecule is Cc1cnc(CN2CCC3(CCC(=O)N(C4CCC(O)CC4)C3)CC2)[nH]1. The Morgan fingerprint density at radius 3 is 2.62 bits per heavy atom. The Hall–Kier alpha value is -1.40. The van der Waals surface area contributed by atoms with Crippen molar-refractivity contribution >= 4 is 5.91 Å². The molecule has 3 heterocycles. The molecule has 0 bridgehead atoms. The molecule has 1 spiro atoms. The molecule has 26 heavy (non-hydrogen) atoms. The summed E-state index contributed by atoms with van der Waals surface area (Å²) >= 11 is 0. The zero-order chi connectivity index (χ0) is 18.1. The second-order valence-electron chi connectivity index (χ2n) is 8.77. The molecule has 1 amide bonds. The predicted molar refractivity (Wildman–Crippen MR) is 99.5 cm³/mol. The van der Waals surface area contributed by atoms with Gasteiger partial charge in [0, 0.05) is 30.9 Å². The summed E-state index contributed by atoms with van der Waals surface area (Å²) in [5.41, 5.74) is 1.42. The second kappa shape index (κ2) is 7.31. The number of hydrogen-bond acceptors (Lipinski definition) is 4. The van der Waals surface area contributed by atoms with E-state index in [1.54, 1.807) is 0 Å². The van der Waals surface area contributed by atoms with Gasteiger partial charge in [-0.1, -0.05) is 0 Å². The van der Waals surface area contributed by atoms with Crippen molar-refractivity contribution in [3.8, 4) is 0 Å². The minimum Gasteiger partial charge on any atom is -0.393 e. The molecule has 2 aliphatic heterocycles. The average molecular weight is 361 g/mol. The van der Waals surface area contributed by atoms with Gasteiger partial charge in [-0.3, -0.25) is 9.69 Å². The lowest BCUT2D eigenvalue weighted by atomic mass is 9.71. The van der Waals surface area contributed by atoms with Gasteiger partial charge in [0.1, 0.15) is 5.82 Å². The van der Waals surface area contributed by atoms with E-state index in [1.165, 1.54) is 12.8 Å². The lowest BCUT2D eigenvalue weighted by Crippen LogP contribution is -2.55. The molecule has 0 radical (unpaired) electrons. The van der Waals surface area contributed by atoms with E-state index < -0.39 is 0 Å². The van der Waals surface area contributed by atoms with Crippen molar-refractivity contribution in [3.63, 3.8) is 0 Å². The number of imidazole rings is 1. The van der Waals surface area contributed by atoms with Crippen LogP contribution in [0.2, 0.25) is 0 Å². The number of likely N-dealkylation sites (tertiary alicyclic amines) is 2. The van der Waals surface area contributed by atoms with Crippen LogP contribution in [0.1, 0.15) is 62.9 Å². The number of amides is 1. The number of nitrogens with one attached hydrogen (secondary N) is 1. The molecule has 6 heteroatoms. The van der Waals surface area contributed by atoms with Gasteiger partial charge in [0.2, 0.25) is 5.91 Å². The van der Waals surface area contributed by atoms with Gasteiger partial charge in [-0.05, 0) is 70.4 Å². The third kappa shape index (κ3) is 3.81. The van der Waals surface area contributed by atoms with Crippen molar-refractivity contribution in [1.29, 1.82) is 0 Å². The molecule has 6 nitrogen and oxygen atoms in total. The number of nitrogens with zero attached hydrogens (tertiary/aromatic N) is 3. The maximum Gasteiger partial charge on any atom is 0.222 e. The first kappa shape index (κ1) is 18.0.